The van der Waals surface area contributed by atoms with Gasteiger partial charge in [-0.05, 0) is 0 Å². The van der Waals surface area contributed by atoms with Gasteiger partial charge in [-0.15, -0.1) is 0 Å². The van der Waals surface area contributed by atoms with Crippen molar-refractivity contribution in [2.75, 3.05) is 13.2 Å². The number of rotatable bonds is 2. The lowest BCUT2D eigenvalue weighted by atomic mass is 10.1. The maximum atomic E-state index is 11.8. The molecule has 3 atom stereocenters. The third-order valence-electron chi connectivity index (χ3n) is 3.06. The van der Waals surface area contributed by atoms with Crippen LogP contribution < -0.4 is 0 Å². The lowest BCUT2D eigenvalue weighted by Crippen LogP contribution is -2.54. The first kappa shape index (κ1) is 12.3. The van der Waals surface area contributed by atoms with E-state index in [1.165, 1.54) is 4.90 Å². The molecular weight excluding hydrogens is 225 g/mol. The first-order valence-corrected chi connectivity index (χ1v) is 5.42. The van der Waals surface area contributed by atoms with Gasteiger partial charge in [-0.3, -0.25) is 10.3 Å². The molecule has 92 valence electrons. The van der Waals surface area contributed by atoms with Crippen molar-refractivity contribution in [3.8, 4) is 0 Å². The SMILES string of the molecule is [B]N1C(=N)CCN([C@H]2C[C@H](O)[C@@H](CO)O2)C1=O. The Kier molecular flexibility index (Phi) is 3.37. The fourth-order valence-electron chi connectivity index (χ4n) is 2.04. The standard InChI is InChI=1S/C9H14BN3O4/c10-13-7(11)1-2-12(9(13)16)8-3-5(15)6(4-14)17-8/h5-6,8,11,14-15H,1-4H2/t5-,6+,8+/m0/s1. The first-order valence-electron chi connectivity index (χ1n) is 5.42. The molecule has 0 saturated carbocycles. The van der Waals surface area contributed by atoms with E-state index in [0.717, 1.165) is 4.81 Å². The van der Waals surface area contributed by atoms with Gasteiger partial charge in [-0.25, -0.2) is 4.79 Å². The molecule has 0 aromatic heterocycles. The molecule has 0 bridgehead atoms. The zero-order chi connectivity index (χ0) is 12.6. The molecule has 2 amide bonds. The molecule has 0 aliphatic carbocycles. The second-order valence-corrected chi connectivity index (χ2v) is 4.16. The third kappa shape index (κ3) is 2.15. The van der Waals surface area contributed by atoms with Gasteiger partial charge in [0, 0.05) is 19.4 Å². The van der Waals surface area contributed by atoms with Crippen molar-refractivity contribution in [2.45, 2.75) is 31.3 Å². The van der Waals surface area contributed by atoms with E-state index in [9.17, 15) is 9.90 Å². The number of carbonyl (C=O) groups excluding carboxylic acids is 1. The van der Waals surface area contributed by atoms with Gasteiger partial charge in [-0.1, -0.05) is 0 Å². The summed E-state index contributed by atoms with van der Waals surface area (Å²) in [7, 11) is 5.43. The number of nitrogens with one attached hydrogen (secondary N) is 1. The lowest BCUT2D eigenvalue weighted by molar-refractivity contribution is -0.0659. The van der Waals surface area contributed by atoms with E-state index in [0.29, 0.717) is 13.0 Å². The van der Waals surface area contributed by atoms with Crippen molar-refractivity contribution in [2.24, 2.45) is 0 Å². The highest BCUT2D eigenvalue weighted by Gasteiger charge is 2.40. The molecule has 2 heterocycles. The summed E-state index contributed by atoms with van der Waals surface area (Å²) in [6.45, 7) is 0.0444. The summed E-state index contributed by atoms with van der Waals surface area (Å²) in [6, 6.07) is -0.517. The number of hydrogen-bond acceptors (Lipinski definition) is 5. The van der Waals surface area contributed by atoms with Crippen LogP contribution in [0, 0.1) is 5.41 Å². The van der Waals surface area contributed by atoms with E-state index in [4.69, 9.17) is 23.2 Å². The summed E-state index contributed by atoms with van der Waals surface area (Å²) in [6.07, 6.45) is -1.44. The third-order valence-corrected chi connectivity index (χ3v) is 3.06. The quantitative estimate of drug-likeness (QED) is 0.518. The maximum Gasteiger partial charge on any atom is 0.314 e. The second-order valence-electron chi connectivity index (χ2n) is 4.16. The Morgan fingerprint density at radius 1 is 1.59 bits per heavy atom. The number of amides is 2. The lowest BCUT2D eigenvalue weighted by Gasteiger charge is -2.37. The zero-order valence-electron chi connectivity index (χ0n) is 9.24. The van der Waals surface area contributed by atoms with Crippen LogP contribution in [0.4, 0.5) is 4.79 Å². The average molecular weight is 239 g/mol. The molecular formula is C9H14BN3O4. The molecule has 2 aliphatic rings. The van der Waals surface area contributed by atoms with E-state index in [-0.39, 0.29) is 18.9 Å². The highest BCUT2D eigenvalue weighted by atomic mass is 16.5. The summed E-state index contributed by atoms with van der Waals surface area (Å²) in [5, 5.41) is 26.0. The number of aliphatic hydroxyl groups is 2. The fourth-order valence-corrected chi connectivity index (χ4v) is 2.04. The minimum atomic E-state index is -0.787. The minimum Gasteiger partial charge on any atom is -0.394 e. The van der Waals surface area contributed by atoms with E-state index in [1.54, 1.807) is 0 Å². The molecule has 8 heteroatoms. The van der Waals surface area contributed by atoms with Crippen LogP contribution in [0.3, 0.4) is 0 Å². The zero-order valence-corrected chi connectivity index (χ0v) is 9.24. The number of aliphatic hydroxyl groups excluding tert-OH is 2. The van der Waals surface area contributed by atoms with E-state index in [2.05, 4.69) is 0 Å². The predicted octanol–water partition coefficient (Wildman–Crippen LogP) is -1.36. The number of ether oxygens (including phenoxy) is 1. The van der Waals surface area contributed by atoms with E-state index < -0.39 is 24.5 Å². The fraction of sp³-hybridized carbons (Fsp3) is 0.778. The van der Waals surface area contributed by atoms with Crippen LogP contribution in [-0.2, 0) is 4.74 Å². The Bertz CT molecular complexity index is 340. The number of nitrogens with zero attached hydrogens (tertiary/aromatic N) is 2. The van der Waals surface area contributed by atoms with Crippen molar-refractivity contribution in [3.63, 3.8) is 0 Å². The van der Waals surface area contributed by atoms with Gasteiger partial charge in [0.25, 0.3) is 0 Å². The topological polar surface area (TPSA) is 97.1 Å². The predicted molar refractivity (Wildman–Crippen MR) is 58.4 cm³/mol. The van der Waals surface area contributed by atoms with Crippen LogP contribution in [-0.4, -0.2) is 71.4 Å². The van der Waals surface area contributed by atoms with E-state index in [1.807, 2.05) is 0 Å². The highest BCUT2D eigenvalue weighted by Crippen LogP contribution is 2.25. The van der Waals surface area contributed by atoms with Gasteiger partial charge in [-0.2, -0.15) is 0 Å². The summed E-state index contributed by atoms with van der Waals surface area (Å²) in [5.74, 6) is 0.0588. The molecule has 3 N–H and O–H groups in total. The smallest absolute Gasteiger partial charge is 0.314 e. The van der Waals surface area contributed by atoms with Crippen molar-refractivity contribution in [1.82, 2.24) is 9.71 Å². The van der Waals surface area contributed by atoms with Crippen molar-refractivity contribution in [1.29, 1.82) is 5.41 Å². The molecule has 2 aliphatic heterocycles. The van der Waals surface area contributed by atoms with Gasteiger partial charge in [0.15, 0.2) is 0 Å². The number of urea groups is 1. The summed E-state index contributed by atoms with van der Waals surface area (Å²) >= 11 is 0. The van der Waals surface area contributed by atoms with Crippen LogP contribution in [0.25, 0.3) is 0 Å². The Morgan fingerprint density at radius 3 is 2.88 bits per heavy atom. The van der Waals surface area contributed by atoms with Gasteiger partial charge in [0.05, 0.1) is 18.5 Å². The van der Waals surface area contributed by atoms with Crippen molar-refractivity contribution in [3.05, 3.63) is 0 Å². The van der Waals surface area contributed by atoms with Gasteiger partial charge in [0.2, 0.25) is 7.98 Å². The van der Waals surface area contributed by atoms with Gasteiger partial charge >= 0.3 is 6.03 Å². The Morgan fingerprint density at radius 2 is 2.29 bits per heavy atom. The summed E-state index contributed by atoms with van der Waals surface area (Å²) in [5.41, 5.74) is 0. The van der Waals surface area contributed by atoms with Crippen molar-refractivity contribution >= 4 is 19.8 Å². The molecule has 2 fully saturated rings. The Labute approximate surface area is 99.9 Å². The van der Waals surface area contributed by atoms with Crippen LogP contribution in [0.1, 0.15) is 12.8 Å². The van der Waals surface area contributed by atoms with Crippen LogP contribution in [0.5, 0.6) is 0 Å². The van der Waals surface area contributed by atoms with Gasteiger partial charge < -0.3 is 19.8 Å². The Hall–Kier alpha value is -1.12. The van der Waals surface area contributed by atoms with E-state index >= 15 is 0 Å². The first-order chi connectivity index (χ1) is 8.04. The second kappa shape index (κ2) is 4.63. The van der Waals surface area contributed by atoms with Crippen LogP contribution in [0.15, 0.2) is 0 Å². The largest absolute Gasteiger partial charge is 0.394 e. The maximum absolute atomic E-state index is 11.8. The highest BCUT2D eigenvalue weighted by molar-refractivity contribution is 6.25. The van der Waals surface area contributed by atoms with Gasteiger partial charge in [0.1, 0.15) is 12.3 Å². The van der Waals surface area contributed by atoms with Crippen LogP contribution >= 0.6 is 0 Å². The van der Waals surface area contributed by atoms with Crippen LogP contribution in [0.2, 0.25) is 0 Å². The summed E-state index contributed by atoms with van der Waals surface area (Å²) < 4.78 is 5.37. The Balaban J connectivity index is 2.04. The molecule has 0 aromatic carbocycles. The normalized spacial score (nSPS) is 34.6. The molecule has 0 spiro atoms. The van der Waals surface area contributed by atoms with Crippen molar-refractivity contribution < 1.29 is 19.7 Å². The molecule has 17 heavy (non-hydrogen) atoms. The monoisotopic (exact) mass is 239 g/mol. The molecule has 2 saturated heterocycles. The number of amidine groups is 1. The average Bonchev–Trinajstić information content (AvgIpc) is 2.67. The molecule has 0 unspecified atom stereocenters. The summed E-state index contributed by atoms with van der Waals surface area (Å²) in [4.78, 5) is 13.9. The minimum absolute atomic E-state index is 0.0588. The number of hydrogen-bond donors (Lipinski definition) is 3. The molecule has 0 aromatic rings. The molecule has 2 radical (unpaired) electrons. The molecule has 2 rings (SSSR count). The molecule has 7 nitrogen and oxygen atoms in total. The number of carbonyl (C=O) groups is 1.